The summed E-state index contributed by atoms with van der Waals surface area (Å²) in [7, 11) is 0. The van der Waals surface area contributed by atoms with Crippen molar-refractivity contribution >= 4 is 39.6 Å². The maximum atomic E-state index is 13.1. The number of aliphatic hydroxyl groups is 1. The third kappa shape index (κ3) is 8.88. The highest BCUT2D eigenvalue weighted by atomic mass is 79.9. The summed E-state index contributed by atoms with van der Waals surface area (Å²) in [6.07, 6.45) is 8.11. The molecule has 0 unspecified atom stereocenters. The predicted octanol–water partition coefficient (Wildman–Crippen LogP) is 4.19. The number of pyridine rings is 1. The molecule has 5 atom stereocenters. The average molecular weight is 664 g/mol. The second-order valence-electron chi connectivity index (χ2n) is 10.9. The summed E-state index contributed by atoms with van der Waals surface area (Å²) in [5.74, 6) is 8.96. The van der Waals surface area contributed by atoms with Gasteiger partial charge in [0.25, 0.3) is 0 Å². The first kappa shape index (κ1) is 33.3. The number of allylic oxidation sites excluding steroid dienone is 1. The maximum absolute atomic E-state index is 13.1. The van der Waals surface area contributed by atoms with Gasteiger partial charge < -0.3 is 34.1 Å². The molecule has 4 heterocycles. The van der Waals surface area contributed by atoms with Crippen LogP contribution in [-0.2, 0) is 23.7 Å². The molecule has 2 bridgehead atoms. The van der Waals surface area contributed by atoms with Crippen molar-refractivity contribution in [3.63, 3.8) is 0 Å². The standard InChI is InChI=1S/C30H32BrClN2O8/c1-8-13-30-14-12-18(31)15-23(21(35)9-2)39-22-11-10-19(33-26(22)32)20(34-27(37)41-28(3,4)5)16-25(36)38-17-24(30)40-29(6,7)42-30/h1-2,10-11,15,20-21,23-24,35H,13,16-17H2,3-7H3,(H,34,37)/b18-15-/t20-,21+,23+,24-,30-/m1/s1. The van der Waals surface area contributed by atoms with Crippen LogP contribution in [0.2, 0.25) is 5.15 Å². The molecule has 2 N–H and O–H groups in total. The molecule has 12 heteroatoms. The lowest BCUT2D eigenvalue weighted by molar-refractivity contribution is -0.162. The Morgan fingerprint density at radius 1 is 1.38 bits per heavy atom. The number of halogens is 2. The number of amides is 1. The summed E-state index contributed by atoms with van der Waals surface area (Å²) >= 11 is 9.78. The van der Waals surface area contributed by atoms with Gasteiger partial charge in [-0.05, 0) is 68.8 Å². The molecule has 1 aromatic rings. The number of alkyl carbamates (subject to hydrolysis) is 1. The van der Waals surface area contributed by atoms with Crippen LogP contribution in [0.1, 0.15) is 59.2 Å². The number of terminal acetylenes is 2. The first-order valence-corrected chi connectivity index (χ1v) is 14.1. The van der Waals surface area contributed by atoms with Crippen molar-refractivity contribution in [1.29, 1.82) is 0 Å². The van der Waals surface area contributed by atoms with Gasteiger partial charge in [0.15, 0.2) is 34.5 Å². The summed E-state index contributed by atoms with van der Waals surface area (Å²) in [6.45, 7) is 8.22. The van der Waals surface area contributed by atoms with Crippen LogP contribution < -0.4 is 10.1 Å². The third-order valence-corrected chi connectivity index (χ3v) is 6.57. The number of aromatic nitrogens is 1. The Kier molecular flexibility index (Phi) is 10.6. The average Bonchev–Trinajstić information content (AvgIpc) is 3.14. The van der Waals surface area contributed by atoms with E-state index in [-0.39, 0.29) is 40.5 Å². The lowest BCUT2D eigenvalue weighted by atomic mass is 9.94. The van der Waals surface area contributed by atoms with Crippen molar-refractivity contribution < 1.29 is 38.4 Å². The molecule has 1 saturated heterocycles. The summed E-state index contributed by atoms with van der Waals surface area (Å²) in [4.78, 5) is 30.0. The highest BCUT2D eigenvalue weighted by Gasteiger charge is 2.53. The molecule has 0 spiro atoms. The zero-order chi connectivity index (χ0) is 31.3. The molecular formula is C30H32BrClN2O8. The minimum Gasteiger partial charge on any atom is -0.479 e. The van der Waals surface area contributed by atoms with Crippen LogP contribution in [0.3, 0.4) is 0 Å². The fourth-order valence-corrected chi connectivity index (χ4v) is 4.72. The number of carbonyl (C=O) groups is 2. The SMILES string of the molecule is C#CC[C@@]12C#C/C(Br)=C/[C@@H]([C@@H](O)C#C)Oc3ccc(nc3Cl)[C@H](NC(=O)OC(C)(C)C)CC(=O)OC[C@H]1OC(C)(C)O2. The van der Waals surface area contributed by atoms with Crippen molar-refractivity contribution in [2.45, 2.75) is 88.8 Å². The van der Waals surface area contributed by atoms with E-state index in [2.05, 4.69) is 49.9 Å². The van der Waals surface area contributed by atoms with Gasteiger partial charge in [-0.25, -0.2) is 9.78 Å². The first-order chi connectivity index (χ1) is 19.6. The second kappa shape index (κ2) is 13.4. The van der Waals surface area contributed by atoms with E-state index < -0.39 is 53.4 Å². The normalized spacial score (nSPS) is 27.6. The van der Waals surface area contributed by atoms with Crippen LogP contribution in [0, 0.1) is 36.5 Å². The number of esters is 1. The van der Waals surface area contributed by atoms with Crippen LogP contribution in [0.5, 0.6) is 5.75 Å². The number of hydrogen-bond donors (Lipinski definition) is 2. The molecule has 0 aromatic carbocycles. The van der Waals surface area contributed by atoms with Crippen molar-refractivity contribution in [3.05, 3.63) is 33.5 Å². The Morgan fingerprint density at radius 2 is 2.10 bits per heavy atom. The molecule has 0 radical (unpaired) electrons. The Hall–Kier alpha value is -3.24. The molecule has 1 aromatic heterocycles. The lowest BCUT2D eigenvalue weighted by Crippen LogP contribution is -2.42. The number of nitrogens with zero attached hydrogens (tertiary/aromatic N) is 1. The second-order valence-corrected chi connectivity index (χ2v) is 12.2. The van der Waals surface area contributed by atoms with Gasteiger partial charge in [0.2, 0.25) is 0 Å². The topological polar surface area (TPSA) is 125 Å². The fraction of sp³-hybridized carbons (Fsp3) is 0.500. The molecule has 224 valence electrons. The van der Waals surface area contributed by atoms with Crippen LogP contribution in [0.15, 0.2) is 22.7 Å². The van der Waals surface area contributed by atoms with E-state index in [1.54, 1.807) is 34.6 Å². The number of rotatable bonds is 3. The Bertz CT molecular complexity index is 1380. The van der Waals surface area contributed by atoms with E-state index in [1.807, 2.05) is 0 Å². The van der Waals surface area contributed by atoms with E-state index >= 15 is 0 Å². The van der Waals surface area contributed by atoms with Gasteiger partial charge in [-0.1, -0.05) is 29.4 Å². The summed E-state index contributed by atoms with van der Waals surface area (Å²) in [5, 5.41) is 13.0. The minimum atomic E-state index is -1.39. The van der Waals surface area contributed by atoms with Gasteiger partial charge >= 0.3 is 12.1 Å². The van der Waals surface area contributed by atoms with E-state index in [1.165, 1.54) is 18.2 Å². The van der Waals surface area contributed by atoms with Crippen molar-refractivity contribution in [1.82, 2.24) is 10.3 Å². The van der Waals surface area contributed by atoms with Gasteiger partial charge in [0, 0.05) is 0 Å². The van der Waals surface area contributed by atoms with E-state index in [0.29, 0.717) is 0 Å². The number of ether oxygens (including phenoxy) is 5. The Balaban J connectivity index is 2.10. The highest BCUT2D eigenvalue weighted by Crippen LogP contribution is 2.39. The van der Waals surface area contributed by atoms with Crippen LogP contribution >= 0.6 is 27.5 Å². The molecule has 10 nitrogen and oxygen atoms in total. The number of aliphatic hydroxyl groups excluding tert-OH is 1. The third-order valence-electron chi connectivity index (χ3n) is 5.84. The zero-order valence-electron chi connectivity index (χ0n) is 23.8. The molecule has 0 saturated carbocycles. The zero-order valence-corrected chi connectivity index (χ0v) is 26.2. The van der Waals surface area contributed by atoms with Gasteiger partial charge in [-0.3, -0.25) is 4.79 Å². The first-order valence-electron chi connectivity index (χ1n) is 12.9. The van der Waals surface area contributed by atoms with Crippen molar-refractivity contribution in [2.24, 2.45) is 0 Å². The van der Waals surface area contributed by atoms with E-state index in [0.717, 1.165) is 0 Å². The Morgan fingerprint density at radius 3 is 2.71 bits per heavy atom. The highest BCUT2D eigenvalue weighted by molar-refractivity contribution is 9.12. The van der Waals surface area contributed by atoms with Crippen molar-refractivity contribution in [3.8, 4) is 42.3 Å². The molecule has 42 heavy (non-hydrogen) atoms. The van der Waals surface area contributed by atoms with Crippen molar-refractivity contribution in [2.75, 3.05) is 6.61 Å². The quantitative estimate of drug-likeness (QED) is 0.278. The lowest BCUT2D eigenvalue weighted by Gasteiger charge is -2.26. The Labute approximate surface area is 258 Å². The fourth-order valence-electron chi connectivity index (χ4n) is 4.16. The number of nitrogens with one attached hydrogen (secondary N) is 1. The molecule has 3 aliphatic heterocycles. The largest absolute Gasteiger partial charge is 0.479 e. The smallest absolute Gasteiger partial charge is 0.408 e. The molecule has 3 aliphatic rings. The summed E-state index contributed by atoms with van der Waals surface area (Å²) in [5.41, 5.74) is -1.94. The van der Waals surface area contributed by atoms with Gasteiger partial charge in [0.1, 0.15) is 18.3 Å². The van der Waals surface area contributed by atoms with Crippen LogP contribution in [0.4, 0.5) is 4.79 Å². The van der Waals surface area contributed by atoms with E-state index in [9.17, 15) is 14.7 Å². The van der Waals surface area contributed by atoms with Crippen LogP contribution in [0.25, 0.3) is 0 Å². The molecule has 0 aliphatic carbocycles. The number of fused-ring (bicyclic) bond motifs is 9. The predicted molar refractivity (Wildman–Crippen MR) is 157 cm³/mol. The summed E-state index contributed by atoms with van der Waals surface area (Å²) in [6, 6.07) is 1.97. The summed E-state index contributed by atoms with van der Waals surface area (Å²) < 4.78 is 29.3. The minimum absolute atomic E-state index is 0.00484. The van der Waals surface area contributed by atoms with Gasteiger partial charge in [-0.15, -0.1) is 18.8 Å². The maximum Gasteiger partial charge on any atom is 0.408 e. The van der Waals surface area contributed by atoms with Gasteiger partial charge in [-0.2, -0.15) is 0 Å². The van der Waals surface area contributed by atoms with Crippen LogP contribution in [-0.4, -0.2) is 64.1 Å². The molecule has 1 fully saturated rings. The molecule has 4 rings (SSSR count). The molecule has 1 amide bonds. The van der Waals surface area contributed by atoms with E-state index in [4.69, 9.17) is 48.1 Å². The monoisotopic (exact) mass is 662 g/mol. The number of carbonyl (C=O) groups excluding carboxylic acids is 2. The number of hydrogen-bond acceptors (Lipinski definition) is 9. The van der Waals surface area contributed by atoms with Gasteiger partial charge in [0.05, 0.1) is 29.1 Å². The molecular weight excluding hydrogens is 632 g/mol.